The molecule has 0 atom stereocenters. The predicted octanol–water partition coefficient (Wildman–Crippen LogP) is 6.15. The summed E-state index contributed by atoms with van der Waals surface area (Å²) in [5.74, 6) is -1.08. The van der Waals surface area contributed by atoms with Gasteiger partial charge in [-0.05, 0) is 36.8 Å². The predicted molar refractivity (Wildman–Crippen MR) is 147 cm³/mol. The van der Waals surface area contributed by atoms with E-state index in [4.69, 9.17) is 16.3 Å². The highest BCUT2D eigenvalue weighted by Gasteiger charge is 2.15. The van der Waals surface area contributed by atoms with E-state index in [2.05, 4.69) is 15.5 Å². The van der Waals surface area contributed by atoms with Crippen LogP contribution in [0.15, 0.2) is 77.0 Å². The van der Waals surface area contributed by atoms with Crippen LogP contribution in [-0.4, -0.2) is 35.7 Å². The zero-order chi connectivity index (χ0) is 28.4. The topological polar surface area (TPSA) is 144 Å². The Bertz CT molecular complexity index is 1400. The second-order valence-electron chi connectivity index (χ2n) is 8.50. The lowest BCUT2D eigenvalue weighted by Gasteiger charge is -2.25. The van der Waals surface area contributed by atoms with Gasteiger partial charge in [0.15, 0.2) is 5.78 Å². The molecule has 0 aromatic heterocycles. The minimum absolute atomic E-state index is 0.0374. The molecule has 11 nitrogen and oxygen atoms in total. The van der Waals surface area contributed by atoms with Crippen molar-refractivity contribution in [2.45, 2.75) is 26.8 Å². The second-order valence-corrected chi connectivity index (χ2v) is 8.90. The fraction of sp³-hybridized carbons (Fsp3) is 0.222. The number of anilines is 2. The van der Waals surface area contributed by atoms with E-state index < -0.39 is 10.9 Å². The molecule has 202 valence electrons. The van der Waals surface area contributed by atoms with Crippen LogP contribution in [-0.2, 0) is 25.7 Å². The lowest BCUT2D eigenvalue weighted by molar-refractivity contribution is -0.384. The van der Waals surface area contributed by atoms with Crippen LogP contribution >= 0.6 is 11.6 Å². The van der Waals surface area contributed by atoms with Crippen LogP contribution in [0.3, 0.4) is 0 Å². The number of ketones is 1. The number of nitrogens with zero attached hydrogens (tertiary/aromatic N) is 4. The highest BCUT2D eigenvalue weighted by Crippen LogP contribution is 2.34. The van der Waals surface area contributed by atoms with Crippen LogP contribution < -0.4 is 10.2 Å². The van der Waals surface area contributed by atoms with E-state index in [0.29, 0.717) is 23.6 Å². The van der Waals surface area contributed by atoms with Crippen molar-refractivity contribution in [3.8, 4) is 0 Å². The molecule has 0 saturated heterocycles. The van der Waals surface area contributed by atoms with Crippen molar-refractivity contribution in [1.82, 2.24) is 0 Å². The quantitative estimate of drug-likeness (QED) is 0.123. The van der Waals surface area contributed by atoms with E-state index in [1.165, 1.54) is 32.0 Å². The van der Waals surface area contributed by atoms with Crippen molar-refractivity contribution in [2.75, 3.05) is 23.4 Å². The fourth-order valence-electron chi connectivity index (χ4n) is 3.48. The van der Waals surface area contributed by atoms with Crippen molar-refractivity contribution in [2.24, 2.45) is 10.2 Å². The zero-order valence-corrected chi connectivity index (χ0v) is 22.1. The van der Waals surface area contributed by atoms with Crippen LogP contribution in [0.5, 0.6) is 0 Å². The summed E-state index contributed by atoms with van der Waals surface area (Å²) in [7, 11) is 0. The third-order valence-electron chi connectivity index (χ3n) is 5.30. The Morgan fingerprint density at radius 3 is 2.33 bits per heavy atom. The third kappa shape index (κ3) is 9.00. The molecule has 0 radical (unpaired) electrons. The largest absolute Gasteiger partial charge is 0.458 e. The number of amides is 1. The van der Waals surface area contributed by atoms with Crippen molar-refractivity contribution in [3.63, 3.8) is 0 Å². The van der Waals surface area contributed by atoms with Gasteiger partial charge in [0.2, 0.25) is 5.91 Å². The van der Waals surface area contributed by atoms with Crippen LogP contribution in [0.2, 0.25) is 5.02 Å². The Kier molecular flexibility index (Phi) is 10.2. The first-order chi connectivity index (χ1) is 18.6. The monoisotopic (exact) mass is 551 g/mol. The van der Waals surface area contributed by atoms with Crippen LogP contribution in [0.25, 0.3) is 0 Å². The first kappa shape index (κ1) is 28.9. The van der Waals surface area contributed by atoms with E-state index in [0.717, 1.165) is 5.56 Å². The number of non-ortho nitro benzene ring substituents is 1. The lowest BCUT2D eigenvalue weighted by atomic mass is 10.1. The molecule has 3 aromatic rings. The van der Waals surface area contributed by atoms with Gasteiger partial charge in [0, 0.05) is 37.8 Å². The summed E-state index contributed by atoms with van der Waals surface area (Å²) >= 11 is 6.12. The van der Waals surface area contributed by atoms with Crippen molar-refractivity contribution in [3.05, 3.63) is 87.4 Å². The number of benzene rings is 3. The standard InChI is InChI=1S/C27H26ClN5O6/c1-18(34)17-39-27(36)12-13-32(16-20-6-4-3-5-7-20)21-8-11-25(26(15-21)29-19(2)35)31-30-24-10-9-22(33(37)38)14-23(24)28/h3-11,14-15H,12-13,16-17H2,1-2H3,(H,29,35). The van der Waals surface area contributed by atoms with Gasteiger partial charge >= 0.3 is 5.97 Å². The summed E-state index contributed by atoms with van der Waals surface area (Å²) in [4.78, 5) is 47.6. The Morgan fingerprint density at radius 2 is 1.69 bits per heavy atom. The molecule has 0 aliphatic carbocycles. The lowest BCUT2D eigenvalue weighted by Crippen LogP contribution is -2.27. The number of rotatable bonds is 12. The molecule has 0 saturated carbocycles. The molecule has 12 heteroatoms. The minimum atomic E-state index is -0.565. The van der Waals surface area contributed by atoms with Crippen molar-refractivity contribution >= 4 is 57.7 Å². The van der Waals surface area contributed by atoms with Gasteiger partial charge in [-0.3, -0.25) is 24.5 Å². The van der Waals surface area contributed by atoms with E-state index in [1.54, 1.807) is 18.2 Å². The number of azo groups is 1. The van der Waals surface area contributed by atoms with Crippen LogP contribution in [0.1, 0.15) is 25.8 Å². The number of hydrogen-bond donors (Lipinski definition) is 1. The van der Waals surface area contributed by atoms with E-state index in [1.807, 2.05) is 35.2 Å². The molecule has 39 heavy (non-hydrogen) atoms. The van der Waals surface area contributed by atoms with Crippen LogP contribution in [0, 0.1) is 10.1 Å². The molecule has 3 aromatic carbocycles. The maximum absolute atomic E-state index is 12.2. The molecule has 3 rings (SSSR count). The zero-order valence-electron chi connectivity index (χ0n) is 21.3. The van der Waals surface area contributed by atoms with E-state index >= 15 is 0 Å². The summed E-state index contributed by atoms with van der Waals surface area (Å²) in [5.41, 5.74) is 2.41. The molecule has 0 heterocycles. The van der Waals surface area contributed by atoms with Gasteiger partial charge in [-0.15, -0.1) is 10.2 Å². The van der Waals surface area contributed by atoms with E-state index in [9.17, 15) is 24.5 Å². The highest BCUT2D eigenvalue weighted by atomic mass is 35.5. The number of hydrogen-bond acceptors (Lipinski definition) is 9. The first-order valence-corrected chi connectivity index (χ1v) is 12.2. The van der Waals surface area contributed by atoms with Crippen LogP contribution in [0.4, 0.5) is 28.4 Å². The Hall–Kier alpha value is -4.64. The summed E-state index contributed by atoms with van der Waals surface area (Å²) in [5, 5.41) is 22.0. The summed E-state index contributed by atoms with van der Waals surface area (Å²) < 4.78 is 4.99. The first-order valence-electron chi connectivity index (χ1n) is 11.8. The number of carbonyl (C=O) groups is 3. The molecular weight excluding hydrogens is 526 g/mol. The Labute approximate surface area is 229 Å². The number of esters is 1. The van der Waals surface area contributed by atoms with Gasteiger partial charge in [0.1, 0.15) is 18.0 Å². The van der Waals surface area contributed by atoms with Gasteiger partial charge < -0.3 is 15.0 Å². The van der Waals surface area contributed by atoms with Gasteiger partial charge in [-0.1, -0.05) is 41.9 Å². The SMILES string of the molecule is CC(=O)COC(=O)CCN(Cc1ccccc1)c1ccc(N=Nc2ccc([N+](=O)[O-])cc2Cl)c(NC(C)=O)c1. The second kappa shape index (κ2) is 13.8. The summed E-state index contributed by atoms with van der Waals surface area (Å²) in [6, 6.07) is 18.6. The molecule has 0 aliphatic heterocycles. The average molecular weight is 552 g/mol. The molecule has 1 N–H and O–H groups in total. The molecule has 1 amide bonds. The number of nitro benzene ring substituents is 1. The normalized spacial score (nSPS) is 10.7. The van der Waals surface area contributed by atoms with E-state index in [-0.39, 0.29) is 47.7 Å². The number of nitrogens with one attached hydrogen (secondary N) is 1. The Balaban J connectivity index is 1.90. The molecule has 0 fully saturated rings. The number of Topliss-reactive ketones (excluding diaryl/α,β-unsaturated/α-hetero) is 1. The fourth-order valence-corrected chi connectivity index (χ4v) is 3.69. The number of halogens is 1. The van der Waals surface area contributed by atoms with Gasteiger partial charge in [-0.2, -0.15) is 0 Å². The number of carbonyl (C=O) groups excluding carboxylic acids is 3. The minimum Gasteiger partial charge on any atom is -0.458 e. The third-order valence-corrected chi connectivity index (χ3v) is 5.60. The maximum atomic E-state index is 12.2. The highest BCUT2D eigenvalue weighted by molar-refractivity contribution is 6.33. The molecular formula is C27H26ClN5O6. The molecule has 0 spiro atoms. The average Bonchev–Trinajstić information content (AvgIpc) is 2.89. The summed E-state index contributed by atoms with van der Waals surface area (Å²) in [6.07, 6.45) is 0.0374. The van der Waals surface area contributed by atoms with Gasteiger partial charge in [0.05, 0.1) is 22.1 Å². The smallest absolute Gasteiger partial charge is 0.308 e. The van der Waals surface area contributed by atoms with Gasteiger partial charge in [-0.25, -0.2) is 0 Å². The van der Waals surface area contributed by atoms with Gasteiger partial charge in [0.25, 0.3) is 5.69 Å². The summed E-state index contributed by atoms with van der Waals surface area (Å²) in [6.45, 7) is 3.16. The molecule has 0 bridgehead atoms. The van der Waals surface area contributed by atoms with Crippen molar-refractivity contribution in [1.29, 1.82) is 0 Å². The molecule has 0 unspecified atom stereocenters. The number of ether oxygens (including phenoxy) is 1. The Morgan fingerprint density at radius 1 is 1.00 bits per heavy atom. The maximum Gasteiger partial charge on any atom is 0.308 e. The number of nitro groups is 1. The van der Waals surface area contributed by atoms with Crippen molar-refractivity contribution < 1.29 is 24.0 Å². The molecule has 0 aliphatic rings.